The van der Waals surface area contributed by atoms with Crippen molar-refractivity contribution in [3.63, 3.8) is 0 Å². The van der Waals surface area contributed by atoms with Crippen molar-refractivity contribution in [1.29, 1.82) is 0 Å². The van der Waals surface area contributed by atoms with Crippen LogP contribution in [0.5, 0.6) is 0 Å². The summed E-state index contributed by atoms with van der Waals surface area (Å²) in [4.78, 5) is 21.4. The number of nitrogens with two attached hydrogens (primary N) is 1. The molecular formula is C6H8N4O5. The molecule has 0 radical (unpaired) electrons. The fourth-order valence-corrected chi connectivity index (χ4v) is 0.713. The van der Waals surface area contributed by atoms with Crippen molar-refractivity contribution in [2.45, 2.75) is 6.10 Å². The molecule has 1 heterocycles. The number of amides is 1. The van der Waals surface area contributed by atoms with Gasteiger partial charge in [-0.15, -0.1) is 0 Å². The van der Waals surface area contributed by atoms with Crippen LogP contribution < -0.4 is 11.1 Å². The standard InChI is InChI=1S/C6H8N4O5/c7-4-3(9-15-10-4)5(12)8-1-2(11)6(13)14/h2,11H,1H2,(H2,7,10)(H,8,12)(H,13,14). The molecule has 0 saturated heterocycles. The van der Waals surface area contributed by atoms with Crippen LogP contribution in [0.15, 0.2) is 4.63 Å². The third kappa shape index (κ3) is 2.64. The zero-order valence-corrected chi connectivity index (χ0v) is 7.38. The summed E-state index contributed by atoms with van der Waals surface area (Å²) in [7, 11) is 0. The first-order chi connectivity index (χ1) is 7.02. The number of nitrogens with one attached hydrogen (secondary N) is 1. The van der Waals surface area contributed by atoms with Crippen molar-refractivity contribution in [2.24, 2.45) is 0 Å². The first-order valence-electron chi connectivity index (χ1n) is 3.79. The first-order valence-corrected chi connectivity index (χ1v) is 3.79. The molecule has 0 aromatic carbocycles. The molecule has 1 rings (SSSR count). The number of nitrogen functional groups attached to an aromatic ring is 1. The second-order valence-corrected chi connectivity index (χ2v) is 2.56. The summed E-state index contributed by atoms with van der Waals surface area (Å²) in [5.74, 6) is -2.42. The lowest BCUT2D eigenvalue weighted by Crippen LogP contribution is -2.36. The molecule has 5 N–H and O–H groups in total. The maximum Gasteiger partial charge on any atom is 0.334 e. The van der Waals surface area contributed by atoms with Gasteiger partial charge in [0.15, 0.2) is 6.10 Å². The minimum Gasteiger partial charge on any atom is -0.479 e. The number of carboxylic acid groups (broad SMARTS) is 1. The topological polar surface area (TPSA) is 152 Å². The molecule has 15 heavy (non-hydrogen) atoms. The minimum absolute atomic E-state index is 0.211. The molecule has 1 amide bonds. The number of aliphatic hydroxyl groups is 1. The normalized spacial score (nSPS) is 12.1. The van der Waals surface area contributed by atoms with Crippen LogP contribution in [-0.4, -0.2) is 45.1 Å². The Balaban J connectivity index is 2.51. The van der Waals surface area contributed by atoms with E-state index in [-0.39, 0.29) is 11.5 Å². The number of anilines is 1. The Morgan fingerprint density at radius 1 is 1.53 bits per heavy atom. The van der Waals surface area contributed by atoms with Crippen LogP contribution in [0, 0.1) is 0 Å². The third-order valence-corrected chi connectivity index (χ3v) is 1.47. The van der Waals surface area contributed by atoms with Gasteiger partial charge in [-0.1, -0.05) is 0 Å². The SMILES string of the molecule is Nc1nonc1C(=O)NCC(O)C(=O)O. The maximum atomic E-state index is 11.2. The lowest BCUT2D eigenvalue weighted by atomic mass is 10.3. The molecule has 1 unspecified atom stereocenters. The zero-order chi connectivity index (χ0) is 11.4. The van der Waals surface area contributed by atoms with Gasteiger partial charge in [-0.3, -0.25) is 4.79 Å². The number of nitrogens with zero attached hydrogens (tertiary/aromatic N) is 2. The first kappa shape index (κ1) is 10.9. The van der Waals surface area contributed by atoms with Crippen molar-refractivity contribution in [1.82, 2.24) is 15.6 Å². The summed E-state index contributed by atoms with van der Waals surface area (Å²) in [6.07, 6.45) is -1.69. The van der Waals surface area contributed by atoms with Crippen LogP contribution in [0.25, 0.3) is 0 Å². The van der Waals surface area contributed by atoms with Gasteiger partial charge >= 0.3 is 5.97 Å². The van der Waals surface area contributed by atoms with Crippen molar-refractivity contribution in [2.75, 3.05) is 12.3 Å². The van der Waals surface area contributed by atoms with Crippen LogP contribution in [0.4, 0.5) is 5.82 Å². The Labute approximate surface area is 82.8 Å². The van der Waals surface area contributed by atoms with Crippen LogP contribution in [0.2, 0.25) is 0 Å². The Hall–Kier alpha value is -2.16. The summed E-state index contributed by atoms with van der Waals surface area (Å²) in [5, 5.41) is 25.6. The van der Waals surface area contributed by atoms with E-state index < -0.39 is 24.5 Å². The Morgan fingerprint density at radius 2 is 2.20 bits per heavy atom. The van der Waals surface area contributed by atoms with Gasteiger partial charge in [0.05, 0.1) is 6.54 Å². The minimum atomic E-state index is -1.69. The van der Waals surface area contributed by atoms with E-state index in [0.29, 0.717) is 0 Å². The van der Waals surface area contributed by atoms with Gasteiger partial charge in [0.25, 0.3) is 5.91 Å². The average Bonchev–Trinajstić information content (AvgIpc) is 2.60. The third-order valence-electron chi connectivity index (χ3n) is 1.47. The monoisotopic (exact) mass is 216 g/mol. The molecule has 82 valence electrons. The molecule has 1 aromatic heterocycles. The lowest BCUT2D eigenvalue weighted by molar-refractivity contribution is -0.146. The summed E-state index contributed by atoms with van der Waals surface area (Å²) in [6.45, 7) is -0.458. The molecule has 9 heteroatoms. The molecule has 0 aliphatic carbocycles. The van der Waals surface area contributed by atoms with Gasteiger partial charge in [0, 0.05) is 0 Å². The summed E-state index contributed by atoms with van der Waals surface area (Å²) >= 11 is 0. The number of rotatable bonds is 4. The number of carbonyl (C=O) groups excluding carboxylic acids is 1. The van der Waals surface area contributed by atoms with E-state index >= 15 is 0 Å². The molecule has 1 aromatic rings. The number of carboxylic acids is 1. The van der Waals surface area contributed by atoms with E-state index in [0.717, 1.165) is 0 Å². The molecule has 0 spiro atoms. The highest BCUT2D eigenvalue weighted by Crippen LogP contribution is 2.02. The van der Waals surface area contributed by atoms with E-state index in [4.69, 9.17) is 15.9 Å². The molecule has 0 saturated carbocycles. The predicted molar refractivity (Wildman–Crippen MR) is 44.7 cm³/mol. The van der Waals surface area contributed by atoms with Gasteiger partial charge < -0.3 is 21.3 Å². The average molecular weight is 216 g/mol. The Morgan fingerprint density at radius 3 is 2.67 bits per heavy atom. The summed E-state index contributed by atoms with van der Waals surface area (Å²) in [6, 6.07) is 0. The maximum absolute atomic E-state index is 11.2. The van der Waals surface area contributed by atoms with Crippen molar-refractivity contribution in [3.05, 3.63) is 5.69 Å². The van der Waals surface area contributed by atoms with Crippen molar-refractivity contribution in [3.8, 4) is 0 Å². The smallest absolute Gasteiger partial charge is 0.334 e. The number of hydrogen-bond donors (Lipinski definition) is 4. The number of aromatic nitrogens is 2. The van der Waals surface area contributed by atoms with Crippen LogP contribution in [0.1, 0.15) is 10.5 Å². The highest BCUT2D eigenvalue weighted by molar-refractivity contribution is 5.96. The summed E-state index contributed by atoms with van der Waals surface area (Å²) in [5.41, 5.74) is 4.94. The van der Waals surface area contributed by atoms with E-state index in [1.165, 1.54) is 0 Å². The Bertz CT molecular complexity index is 375. The fraction of sp³-hybridized carbons (Fsp3) is 0.333. The summed E-state index contributed by atoms with van der Waals surface area (Å²) < 4.78 is 4.16. The van der Waals surface area contributed by atoms with Gasteiger partial charge in [-0.2, -0.15) is 0 Å². The number of aliphatic hydroxyl groups excluding tert-OH is 1. The molecular weight excluding hydrogens is 208 g/mol. The van der Waals surface area contributed by atoms with Crippen molar-refractivity contribution >= 4 is 17.7 Å². The van der Waals surface area contributed by atoms with E-state index in [1.807, 2.05) is 0 Å². The molecule has 0 fully saturated rings. The molecule has 0 aliphatic heterocycles. The van der Waals surface area contributed by atoms with Gasteiger partial charge in [-0.05, 0) is 10.3 Å². The number of hydrogen-bond acceptors (Lipinski definition) is 7. The second-order valence-electron chi connectivity index (χ2n) is 2.56. The van der Waals surface area contributed by atoms with Gasteiger partial charge in [0.2, 0.25) is 11.5 Å². The van der Waals surface area contributed by atoms with Crippen LogP contribution in [0.3, 0.4) is 0 Å². The zero-order valence-electron chi connectivity index (χ0n) is 7.38. The highest BCUT2D eigenvalue weighted by Gasteiger charge is 2.19. The molecule has 0 aliphatic rings. The van der Waals surface area contributed by atoms with Gasteiger partial charge in [0.1, 0.15) is 0 Å². The van der Waals surface area contributed by atoms with Crippen LogP contribution >= 0.6 is 0 Å². The number of carbonyl (C=O) groups is 2. The highest BCUT2D eigenvalue weighted by atomic mass is 16.6. The molecule has 0 bridgehead atoms. The largest absolute Gasteiger partial charge is 0.479 e. The van der Waals surface area contributed by atoms with Crippen LogP contribution in [-0.2, 0) is 4.79 Å². The van der Waals surface area contributed by atoms with Crippen molar-refractivity contribution < 1.29 is 24.4 Å². The van der Waals surface area contributed by atoms with Gasteiger partial charge in [-0.25, -0.2) is 9.42 Å². The molecule has 9 nitrogen and oxygen atoms in total. The lowest BCUT2D eigenvalue weighted by Gasteiger charge is -2.05. The Kier molecular flexibility index (Phi) is 3.18. The van der Waals surface area contributed by atoms with E-state index in [9.17, 15) is 9.59 Å². The number of aliphatic carboxylic acids is 1. The second kappa shape index (κ2) is 4.37. The van der Waals surface area contributed by atoms with E-state index in [2.05, 4.69) is 20.3 Å². The molecule has 1 atom stereocenters. The predicted octanol–water partition coefficient (Wildman–Crippen LogP) is -2.17. The fourth-order valence-electron chi connectivity index (χ4n) is 0.713. The van der Waals surface area contributed by atoms with E-state index in [1.54, 1.807) is 0 Å². The quantitative estimate of drug-likeness (QED) is 0.443.